The van der Waals surface area contributed by atoms with Crippen molar-refractivity contribution in [1.29, 1.82) is 0 Å². The molecule has 0 aliphatic rings. The molecule has 1 amide bonds. The van der Waals surface area contributed by atoms with Gasteiger partial charge in [0.05, 0.1) is 23.9 Å². The number of aromatic nitrogens is 1. The summed E-state index contributed by atoms with van der Waals surface area (Å²) in [5, 5.41) is 0. The van der Waals surface area contributed by atoms with Crippen molar-refractivity contribution in [2.75, 3.05) is 13.7 Å². The Hall–Kier alpha value is -3.19. The highest BCUT2D eigenvalue weighted by Crippen LogP contribution is 2.23. The maximum atomic E-state index is 12.3. The third kappa shape index (κ3) is 4.75. The zero-order valence-electron chi connectivity index (χ0n) is 15.6. The van der Waals surface area contributed by atoms with Crippen molar-refractivity contribution >= 4 is 39.5 Å². The number of nitrogens with zero attached hydrogens (tertiary/aromatic N) is 2. The Morgan fingerprint density at radius 2 is 1.96 bits per heavy atom. The number of fused-ring (bicyclic) bond motifs is 1. The second-order valence-electron chi connectivity index (χ2n) is 5.80. The summed E-state index contributed by atoms with van der Waals surface area (Å²) in [6.07, 6.45) is 3.12. The van der Waals surface area contributed by atoms with Gasteiger partial charge in [-0.15, -0.1) is 0 Å². The minimum absolute atomic E-state index is 0.0192. The van der Waals surface area contributed by atoms with Gasteiger partial charge in [-0.25, -0.2) is 0 Å². The molecule has 144 valence electrons. The number of esters is 1. The molecule has 0 atom stereocenters. The normalized spacial score (nSPS) is 11.9. The monoisotopic (exact) mass is 396 g/mol. The molecule has 0 saturated carbocycles. The van der Waals surface area contributed by atoms with Crippen LogP contribution in [0.1, 0.15) is 12.5 Å². The van der Waals surface area contributed by atoms with Gasteiger partial charge in [-0.05, 0) is 36.8 Å². The van der Waals surface area contributed by atoms with Crippen LogP contribution in [0, 0.1) is 0 Å². The van der Waals surface area contributed by atoms with E-state index in [1.54, 1.807) is 30.7 Å². The van der Waals surface area contributed by atoms with Crippen LogP contribution in [-0.4, -0.2) is 30.2 Å². The summed E-state index contributed by atoms with van der Waals surface area (Å²) in [6, 6.07) is 15.0. The number of hydrogen-bond acceptors (Lipinski definition) is 5. The Bertz CT molecular complexity index is 1080. The fourth-order valence-electron chi connectivity index (χ4n) is 2.62. The van der Waals surface area contributed by atoms with Gasteiger partial charge in [0, 0.05) is 6.08 Å². The summed E-state index contributed by atoms with van der Waals surface area (Å²) in [7, 11) is 1.59. The van der Waals surface area contributed by atoms with E-state index in [1.807, 2.05) is 42.5 Å². The maximum absolute atomic E-state index is 12.3. The van der Waals surface area contributed by atoms with Crippen molar-refractivity contribution in [3.05, 3.63) is 65.0 Å². The molecule has 0 aliphatic carbocycles. The number of carbonyl (C=O) groups excluding carboxylic acids is 2. The van der Waals surface area contributed by atoms with E-state index in [2.05, 4.69) is 4.99 Å². The van der Waals surface area contributed by atoms with Gasteiger partial charge in [0.2, 0.25) is 0 Å². The number of benzene rings is 2. The Labute approximate surface area is 166 Å². The van der Waals surface area contributed by atoms with Crippen LogP contribution in [0.4, 0.5) is 0 Å². The summed E-state index contributed by atoms with van der Waals surface area (Å²) >= 11 is 1.32. The quantitative estimate of drug-likeness (QED) is 0.473. The zero-order chi connectivity index (χ0) is 19.9. The fraction of sp³-hybridized carbons (Fsp3) is 0.190. The summed E-state index contributed by atoms with van der Waals surface area (Å²) in [5.41, 5.74) is 1.70. The lowest BCUT2D eigenvalue weighted by atomic mass is 10.2. The third-order valence-corrected chi connectivity index (χ3v) is 4.95. The van der Waals surface area contributed by atoms with Gasteiger partial charge in [-0.3, -0.25) is 9.59 Å². The Balaban J connectivity index is 1.99. The molecular weight excluding hydrogens is 376 g/mol. The lowest BCUT2D eigenvalue weighted by Crippen LogP contribution is -2.22. The second-order valence-corrected chi connectivity index (χ2v) is 6.81. The van der Waals surface area contributed by atoms with Crippen molar-refractivity contribution in [3.8, 4) is 5.75 Å². The SMILES string of the molecule is CCOC(=O)Cn1c(=NC(=O)C=Cc2ccccc2)sc2cc(OC)ccc21. The molecular formula is C21H20N2O4S. The third-order valence-electron chi connectivity index (χ3n) is 3.91. The molecule has 0 saturated heterocycles. The van der Waals surface area contributed by atoms with Crippen LogP contribution in [0.3, 0.4) is 0 Å². The van der Waals surface area contributed by atoms with Crippen LogP contribution in [-0.2, 0) is 20.9 Å². The molecule has 1 heterocycles. The topological polar surface area (TPSA) is 69.9 Å². The predicted molar refractivity (Wildman–Crippen MR) is 109 cm³/mol. The first-order valence-corrected chi connectivity index (χ1v) is 9.57. The number of hydrogen-bond donors (Lipinski definition) is 0. The van der Waals surface area contributed by atoms with Crippen LogP contribution >= 0.6 is 11.3 Å². The number of thiazole rings is 1. The van der Waals surface area contributed by atoms with E-state index in [4.69, 9.17) is 9.47 Å². The van der Waals surface area contributed by atoms with Gasteiger partial charge >= 0.3 is 5.97 Å². The van der Waals surface area contributed by atoms with Crippen molar-refractivity contribution in [2.24, 2.45) is 4.99 Å². The predicted octanol–water partition coefficient (Wildman–Crippen LogP) is 3.42. The number of methoxy groups -OCH3 is 1. The average molecular weight is 396 g/mol. The largest absolute Gasteiger partial charge is 0.497 e. The molecule has 6 nitrogen and oxygen atoms in total. The summed E-state index contributed by atoms with van der Waals surface area (Å²) < 4.78 is 12.9. The molecule has 28 heavy (non-hydrogen) atoms. The Morgan fingerprint density at radius 1 is 1.18 bits per heavy atom. The molecule has 2 aromatic carbocycles. The van der Waals surface area contributed by atoms with Crippen LogP contribution in [0.15, 0.2) is 59.6 Å². The van der Waals surface area contributed by atoms with Gasteiger partial charge in [0.15, 0.2) is 4.80 Å². The van der Waals surface area contributed by atoms with E-state index < -0.39 is 5.91 Å². The van der Waals surface area contributed by atoms with Gasteiger partial charge in [-0.2, -0.15) is 4.99 Å². The average Bonchev–Trinajstić information content (AvgIpc) is 3.03. The molecule has 0 fully saturated rings. The van der Waals surface area contributed by atoms with Gasteiger partial charge in [-0.1, -0.05) is 41.7 Å². The fourth-order valence-corrected chi connectivity index (χ4v) is 3.68. The van der Waals surface area contributed by atoms with E-state index >= 15 is 0 Å². The van der Waals surface area contributed by atoms with Crippen molar-refractivity contribution in [3.63, 3.8) is 0 Å². The van der Waals surface area contributed by atoms with Crippen LogP contribution in [0.25, 0.3) is 16.3 Å². The number of carbonyl (C=O) groups is 2. The standard InChI is InChI=1S/C21H20N2O4S/c1-3-27-20(25)14-23-17-11-10-16(26-2)13-18(17)28-21(23)22-19(24)12-9-15-7-5-4-6-8-15/h4-13H,3,14H2,1-2H3. The zero-order valence-corrected chi connectivity index (χ0v) is 16.4. The van der Waals surface area contributed by atoms with Gasteiger partial charge in [0.25, 0.3) is 5.91 Å². The Morgan fingerprint density at radius 3 is 2.68 bits per heavy atom. The highest BCUT2D eigenvalue weighted by Gasteiger charge is 2.12. The van der Waals surface area contributed by atoms with Crippen molar-refractivity contribution in [1.82, 2.24) is 4.57 Å². The van der Waals surface area contributed by atoms with Crippen molar-refractivity contribution < 1.29 is 19.1 Å². The molecule has 0 spiro atoms. The number of rotatable bonds is 6. The second kappa shape index (κ2) is 9.14. The molecule has 3 rings (SSSR count). The molecule has 1 aromatic heterocycles. The summed E-state index contributed by atoms with van der Waals surface area (Å²) in [6.45, 7) is 2.03. The van der Waals surface area contributed by atoms with Crippen molar-refractivity contribution in [2.45, 2.75) is 13.5 Å². The van der Waals surface area contributed by atoms with E-state index in [1.165, 1.54) is 17.4 Å². The molecule has 0 N–H and O–H groups in total. The first-order valence-electron chi connectivity index (χ1n) is 8.75. The maximum Gasteiger partial charge on any atom is 0.326 e. The smallest absolute Gasteiger partial charge is 0.326 e. The lowest BCUT2D eigenvalue weighted by molar-refractivity contribution is -0.143. The summed E-state index contributed by atoms with van der Waals surface area (Å²) in [5.74, 6) is -0.0920. The van der Waals surface area contributed by atoms with E-state index in [0.717, 1.165) is 15.8 Å². The highest BCUT2D eigenvalue weighted by molar-refractivity contribution is 7.16. The van der Waals surface area contributed by atoms with Crippen LogP contribution in [0.5, 0.6) is 5.75 Å². The minimum atomic E-state index is -0.403. The number of ether oxygens (including phenoxy) is 2. The van der Waals surface area contributed by atoms with E-state index in [-0.39, 0.29) is 12.5 Å². The van der Waals surface area contributed by atoms with Gasteiger partial charge in [0.1, 0.15) is 12.3 Å². The number of amides is 1. The van der Waals surface area contributed by atoms with E-state index in [0.29, 0.717) is 17.2 Å². The molecule has 7 heteroatoms. The minimum Gasteiger partial charge on any atom is -0.497 e. The highest BCUT2D eigenvalue weighted by atomic mass is 32.1. The van der Waals surface area contributed by atoms with Crippen LogP contribution in [0.2, 0.25) is 0 Å². The van der Waals surface area contributed by atoms with Crippen LogP contribution < -0.4 is 9.54 Å². The Kier molecular flexibility index (Phi) is 6.39. The van der Waals surface area contributed by atoms with E-state index in [9.17, 15) is 9.59 Å². The molecule has 3 aromatic rings. The lowest BCUT2D eigenvalue weighted by Gasteiger charge is -2.05. The molecule has 0 bridgehead atoms. The van der Waals surface area contributed by atoms with Gasteiger partial charge < -0.3 is 14.0 Å². The first-order chi connectivity index (χ1) is 13.6. The summed E-state index contributed by atoms with van der Waals surface area (Å²) in [4.78, 5) is 29.0. The molecule has 0 unspecified atom stereocenters. The first kappa shape index (κ1) is 19.6. The molecule has 0 aliphatic heterocycles. The molecule has 0 radical (unpaired) electrons.